The fourth-order valence-electron chi connectivity index (χ4n) is 4.38. The Bertz CT molecular complexity index is 1610. The van der Waals surface area contributed by atoms with Crippen LogP contribution in [0.2, 0.25) is 0 Å². The molecule has 0 saturated carbocycles. The summed E-state index contributed by atoms with van der Waals surface area (Å²) in [4.78, 5) is 40.3. The number of carbonyl (C=O) groups excluding carboxylic acids is 3. The van der Waals surface area contributed by atoms with Gasteiger partial charge in [0.15, 0.2) is 0 Å². The highest BCUT2D eigenvalue weighted by molar-refractivity contribution is 9.10. The van der Waals surface area contributed by atoms with Crippen LogP contribution in [0, 0.1) is 0 Å². The number of fused-ring (bicyclic) bond motifs is 1. The molecule has 7 nitrogen and oxygen atoms in total. The molecule has 4 aromatic carbocycles. The summed E-state index contributed by atoms with van der Waals surface area (Å²) >= 11 is 3.54. The van der Waals surface area contributed by atoms with Crippen molar-refractivity contribution in [3.63, 3.8) is 0 Å². The summed E-state index contributed by atoms with van der Waals surface area (Å²) in [5.41, 5.74) is 1.66. The van der Waals surface area contributed by atoms with Gasteiger partial charge >= 0.3 is 6.03 Å². The highest BCUT2D eigenvalue weighted by Gasteiger charge is 2.37. The van der Waals surface area contributed by atoms with E-state index in [0.717, 1.165) is 38.6 Å². The number of nitrogens with zero attached hydrogens (tertiary/aromatic N) is 1. The number of unbranched alkanes of at least 4 members (excludes halogenated alkanes) is 1. The maximum absolute atomic E-state index is 13.6. The molecule has 4 aromatic rings. The molecule has 0 spiro atoms. The van der Waals surface area contributed by atoms with Crippen molar-refractivity contribution in [1.29, 1.82) is 0 Å². The van der Waals surface area contributed by atoms with Gasteiger partial charge in [-0.25, -0.2) is 9.69 Å². The lowest BCUT2D eigenvalue weighted by atomic mass is 9.99. The monoisotopic (exact) mass is 598 g/mol. The minimum Gasteiger partial charge on any atom is -0.494 e. The Balaban J connectivity index is 1.50. The van der Waals surface area contributed by atoms with Crippen molar-refractivity contribution in [3.05, 3.63) is 106 Å². The van der Waals surface area contributed by atoms with Crippen LogP contribution in [0.1, 0.15) is 30.9 Å². The maximum atomic E-state index is 13.6. The number of barbiturate groups is 1. The lowest BCUT2D eigenvalue weighted by Gasteiger charge is -2.26. The summed E-state index contributed by atoms with van der Waals surface area (Å²) in [6.07, 6.45) is 3.43. The second kappa shape index (κ2) is 12.2. The van der Waals surface area contributed by atoms with Gasteiger partial charge in [-0.05, 0) is 59.7 Å². The van der Waals surface area contributed by atoms with Crippen LogP contribution in [-0.4, -0.2) is 24.5 Å². The molecule has 4 amide bonds. The Morgan fingerprint density at radius 3 is 2.40 bits per heavy atom. The number of imide groups is 2. The van der Waals surface area contributed by atoms with Crippen molar-refractivity contribution in [2.45, 2.75) is 26.4 Å². The van der Waals surface area contributed by atoms with E-state index in [0.29, 0.717) is 29.4 Å². The fourth-order valence-corrected chi connectivity index (χ4v) is 4.78. The van der Waals surface area contributed by atoms with Gasteiger partial charge in [-0.3, -0.25) is 14.9 Å². The number of urea groups is 1. The van der Waals surface area contributed by atoms with E-state index < -0.39 is 17.8 Å². The fraction of sp³-hybridized carbons (Fsp3) is 0.156. The Morgan fingerprint density at radius 2 is 1.62 bits per heavy atom. The molecule has 0 unspecified atom stereocenters. The first kappa shape index (κ1) is 27.1. The van der Waals surface area contributed by atoms with Gasteiger partial charge < -0.3 is 9.47 Å². The summed E-state index contributed by atoms with van der Waals surface area (Å²) in [6.45, 7) is 2.93. The molecule has 0 radical (unpaired) electrons. The van der Waals surface area contributed by atoms with E-state index in [1.54, 1.807) is 24.3 Å². The van der Waals surface area contributed by atoms with Crippen LogP contribution in [0.4, 0.5) is 10.5 Å². The third kappa shape index (κ3) is 5.77. The lowest BCUT2D eigenvalue weighted by Crippen LogP contribution is -2.54. The van der Waals surface area contributed by atoms with E-state index in [-0.39, 0.29) is 12.2 Å². The van der Waals surface area contributed by atoms with Gasteiger partial charge in [-0.15, -0.1) is 0 Å². The number of rotatable bonds is 9. The van der Waals surface area contributed by atoms with Crippen LogP contribution in [0.3, 0.4) is 0 Å². The van der Waals surface area contributed by atoms with Crippen LogP contribution in [0.25, 0.3) is 16.8 Å². The second-order valence-electron chi connectivity index (χ2n) is 9.23. The summed E-state index contributed by atoms with van der Waals surface area (Å²) in [6, 6.07) is 24.9. The molecule has 202 valence electrons. The highest BCUT2D eigenvalue weighted by Crippen LogP contribution is 2.33. The number of amides is 4. The van der Waals surface area contributed by atoms with Gasteiger partial charge in [0.1, 0.15) is 23.7 Å². The normalized spacial score (nSPS) is 14.5. The molecule has 0 atom stereocenters. The topological polar surface area (TPSA) is 84.9 Å². The van der Waals surface area contributed by atoms with Crippen LogP contribution in [0.15, 0.2) is 95.0 Å². The number of hydrogen-bond acceptors (Lipinski definition) is 5. The molecule has 0 bridgehead atoms. The first-order valence-corrected chi connectivity index (χ1v) is 13.8. The molecule has 0 aromatic heterocycles. The van der Waals surface area contributed by atoms with Crippen molar-refractivity contribution in [2.24, 2.45) is 0 Å². The Kier molecular flexibility index (Phi) is 8.26. The molecule has 40 heavy (non-hydrogen) atoms. The van der Waals surface area contributed by atoms with Crippen molar-refractivity contribution in [1.82, 2.24) is 5.32 Å². The van der Waals surface area contributed by atoms with Crippen LogP contribution >= 0.6 is 15.9 Å². The summed E-state index contributed by atoms with van der Waals surface area (Å²) < 4.78 is 12.8. The van der Waals surface area contributed by atoms with Gasteiger partial charge in [0.2, 0.25) is 0 Å². The zero-order valence-corrected chi connectivity index (χ0v) is 23.4. The predicted octanol–water partition coefficient (Wildman–Crippen LogP) is 7.03. The van der Waals surface area contributed by atoms with E-state index in [2.05, 4.69) is 28.2 Å². The third-order valence-corrected chi connectivity index (χ3v) is 7.30. The SMILES string of the molecule is CCCCOc1ccc(N2C(=O)NC(=O)/C(=C/c3c(OCc4ccccc4Br)ccc4ccccc34)C2=O)cc1. The molecule has 8 heteroatoms. The molecular formula is C32H27BrN2O5. The van der Waals surface area contributed by atoms with Gasteiger partial charge in [-0.2, -0.15) is 0 Å². The zero-order valence-electron chi connectivity index (χ0n) is 21.9. The van der Waals surface area contributed by atoms with Crippen molar-refractivity contribution in [3.8, 4) is 11.5 Å². The highest BCUT2D eigenvalue weighted by atomic mass is 79.9. The quantitative estimate of drug-likeness (QED) is 0.127. The van der Waals surface area contributed by atoms with Gasteiger partial charge in [0, 0.05) is 15.6 Å². The van der Waals surface area contributed by atoms with E-state index in [1.165, 1.54) is 6.08 Å². The molecular weight excluding hydrogens is 572 g/mol. The number of ether oxygens (including phenoxy) is 2. The van der Waals surface area contributed by atoms with Crippen molar-refractivity contribution >= 4 is 56.3 Å². The second-order valence-corrected chi connectivity index (χ2v) is 10.1. The molecule has 1 fully saturated rings. The first-order chi connectivity index (χ1) is 19.5. The van der Waals surface area contributed by atoms with Crippen LogP contribution in [-0.2, 0) is 16.2 Å². The summed E-state index contributed by atoms with van der Waals surface area (Å²) in [5, 5.41) is 4.02. The van der Waals surface area contributed by atoms with Crippen molar-refractivity contribution < 1.29 is 23.9 Å². The van der Waals surface area contributed by atoms with E-state index >= 15 is 0 Å². The lowest BCUT2D eigenvalue weighted by molar-refractivity contribution is -0.122. The maximum Gasteiger partial charge on any atom is 0.335 e. The minimum absolute atomic E-state index is 0.176. The van der Waals surface area contributed by atoms with Gasteiger partial charge in [0.05, 0.1) is 12.3 Å². The molecule has 1 N–H and O–H groups in total. The van der Waals surface area contributed by atoms with Crippen molar-refractivity contribution in [2.75, 3.05) is 11.5 Å². The van der Waals surface area contributed by atoms with E-state index in [1.807, 2.05) is 60.7 Å². The number of nitrogens with one attached hydrogen (secondary N) is 1. The smallest absolute Gasteiger partial charge is 0.335 e. The minimum atomic E-state index is -0.810. The molecule has 0 aliphatic carbocycles. The number of halogens is 1. The zero-order chi connectivity index (χ0) is 28.1. The average molecular weight is 599 g/mol. The Labute approximate surface area is 240 Å². The molecule has 1 aliphatic heterocycles. The van der Waals surface area contributed by atoms with Crippen LogP contribution in [0.5, 0.6) is 11.5 Å². The molecule has 1 heterocycles. The largest absolute Gasteiger partial charge is 0.494 e. The van der Waals surface area contributed by atoms with Crippen LogP contribution < -0.4 is 19.7 Å². The first-order valence-electron chi connectivity index (χ1n) is 13.0. The van der Waals surface area contributed by atoms with E-state index in [4.69, 9.17) is 9.47 Å². The molecule has 1 saturated heterocycles. The molecule has 1 aliphatic rings. The number of hydrogen-bond donors (Lipinski definition) is 1. The summed E-state index contributed by atoms with van der Waals surface area (Å²) in [5.74, 6) is -0.357. The third-order valence-electron chi connectivity index (χ3n) is 6.52. The molecule has 5 rings (SSSR count). The predicted molar refractivity (Wildman–Crippen MR) is 158 cm³/mol. The summed E-state index contributed by atoms with van der Waals surface area (Å²) in [7, 11) is 0. The van der Waals surface area contributed by atoms with Gasteiger partial charge in [0.25, 0.3) is 11.8 Å². The standard InChI is InChI=1S/C32H27BrN2O5/c1-2-3-18-39-24-15-13-23(14-16-24)35-31(37)27(30(36)34-32(35)38)19-26-25-10-6-4-8-21(25)12-17-29(26)40-20-22-9-5-7-11-28(22)33/h4-17,19H,2-3,18,20H2,1H3,(H,34,36,38)/b27-19-. The average Bonchev–Trinajstić information content (AvgIpc) is 2.96. The van der Waals surface area contributed by atoms with E-state index in [9.17, 15) is 14.4 Å². The Hall–Kier alpha value is -4.43. The number of anilines is 1. The number of carbonyl (C=O) groups is 3. The Morgan fingerprint density at radius 1 is 0.875 bits per heavy atom. The van der Waals surface area contributed by atoms with Gasteiger partial charge in [-0.1, -0.05) is 77.8 Å². The number of benzene rings is 4.